The van der Waals surface area contributed by atoms with E-state index in [9.17, 15) is 9.59 Å². The second-order valence-electron chi connectivity index (χ2n) is 5.37. The van der Waals surface area contributed by atoms with Gasteiger partial charge in [0.15, 0.2) is 0 Å². The number of rotatable bonds is 4. The fourth-order valence-electron chi connectivity index (χ4n) is 2.47. The SMILES string of the molecule is CCOC(=O)N1CCN(C(C)C(=O)Nc2ccccc2Cl)CC1. The van der Waals surface area contributed by atoms with Crippen LogP contribution in [-0.4, -0.2) is 60.6 Å². The minimum atomic E-state index is -0.296. The van der Waals surface area contributed by atoms with Crippen LogP contribution < -0.4 is 5.32 Å². The molecule has 1 atom stereocenters. The Balaban J connectivity index is 1.87. The zero-order valence-electron chi connectivity index (χ0n) is 13.4. The topological polar surface area (TPSA) is 61.9 Å². The van der Waals surface area contributed by atoms with Crippen molar-refractivity contribution in [1.82, 2.24) is 9.80 Å². The summed E-state index contributed by atoms with van der Waals surface area (Å²) in [5.74, 6) is -0.109. The van der Waals surface area contributed by atoms with E-state index in [1.807, 2.05) is 24.0 Å². The van der Waals surface area contributed by atoms with Crippen LogP contribution in [0.2, 0.25) is 5.02 Å². The second-order valence-corrected chi connectivity index (χ2v) is 5.77. The number of hydrogen-bond donors (Lipinski definition) is 1. The Labute approximate surface area is 141 Å². The summed E-state index contributed by atoms with van der Waals surface area (Å²) in [5.41, 5.74) is 0.608. The average molecular weight is 340 g/mol. The molecule has 1 aliphatic rings. The van der Waals surface area contributed by atoms with Gasteiger partial charge in [-0.2, -0.15) is 0 Å². The molecule has 7 heteroatoms. The summed E-state index contributed by atoms with van der Waals surface area (Å²) in [6.07, 6.45) is -0.291. The van der Waals surface area contributed by atoms with Crippen LogP contribution in [0.4, 0.5) is 10.5 Å². The lowest BCUT2D eigenvalue weighted by molar-refractivity contribution is -0.121. The van der Waals surface area contributed by atoms with E-state index in [1.165, 1.54) is 0 Å². The number of anilines is 1. The van der Waals surface area contributed by atoms with E-state index in [-0.39, 0.29) is 18.0 Å². The molecule has 0 bridgehead atoms. The first kappa shape index (κ1) is 17.6. The van der Waals surface area contributed by atoms with Gasteiger partial charge in [-0.1, -0.05) is 23.7 Å². The van der Waals surface area contributed by atoms with Crippen molar-refractivity contribution in [2.45, 2.75) is 19.9 Å². The fourth-order valence-corrected chi connectivity index (χ4v) is 2.66. The predicted octanol–water partition coefficient (Wildman–Crippen LogP) is 2.44. The van der Waals surface area contributed by atoms with Gasteiger partial charge in [0, 0.05) is 26.2 Å². The van der Waals surface area contributed by atoms with Gasteiger partial charge in [0.25, 0.3) is 0 Å². The monoisotopic (exact) mass is 339 g/mol. The molecule has 6 nitrogen and oxygen atoms in total. The second kappa shape index (κ2) is 8.17. The van der Waals surface area contributed by atoms with Gasteiger partial charge in [-0.25, -0.2) is 4.79 Å². The quantitative estimate of drug-likeness (QED) is 0.915. The Hall–Kier alpha value is -1.79. The molecule has 1 heterocycles. The third kappa shape index (κ3) is 4.59. The smallest absolute Gasteiger partial charge is 0.409 e. The molecule has 1 N–H and O–H groups in total. The molecule has 0 aromatic heterocycles. The maximum atomic E-state index is 12.4. The van der Waals surface area contributed by atoms with Crippen LogP contribution in [0.15, 0.2) is 24.3 Å². The van der Waals surface area contributed by atoms with Crippen LogP contribution >= 0.6 is 11.6 Å². The minimum absolute atomic E-state index is 0.109. The molecule has 0 spiro atoms. The maximum absolute atomic E-state index is 12.4. The van der Waals surface area contributed by atoms with Crippen molar-refractivity contribution in [3.63, 3.8) is 0 Å². The Bertz CT molecular complexity index is 559. The highest BCUT2D eigenvalue weighted by molar-refractivity contribution is 6.33. The van der Waals surface area contributed by atoms with Crippen molar-refractivity contribution in [2.24, 2.45) is 0 Å². The third-order valence-electron chi connectivity index (χ3n) is 3.90. The average Bonchev–Trinajstić information content (AvgIpc) is 2.56. The number of benzene rings is 1. The molecule has 1 saturated heterocycles. The highest BCUT2D eigenvalue weighted by Crippen LogP contribution is 2.21. The summed E-state index contributed by atoms with van der Waals surface area (Å²) in [7, 11) is 0. The highest BCUT2D eigenvalue weighted by atomic mass is 35.5. The molecule has 1 fully saturated rings. The number of nitrogens with one attached hydrogen (secondary N) is 1. The van der Waals surface area contributed by atoms with Gasteiger partial charge in [-0.05, 0) is 26.0 Å². The predicted molar refractivity (Wildman–Crippen MR) is 89.7 cm³/mol. The Morgan fingerprint density at radius 2 is 1.91 bits per heavy atom. The normalized spacial score (nSPS) is 16.7. The van der Waals surface area contributed by atoms with E-state index < -0.39 is 0 Å². The lowest BCUT2D eigenvalue weighted by atomic mass is 10.2. The molecular weight excluding hydrogens is 318 g/mol. The Morgan fingerprint density at radius 3 is 2.52 bits per heavy atom. The van der Waals surface area contributed by atoms with Gasteiger partial charge in [0.05, 0.1) is 23.4 Å². The van der Waals surface area contributed by atoms with Gasteiger partial charge >= 0.3 is 6.09 Å². The van der Waals surface area contributed by atoms with E-state index in [1.54, 1.807) is 24.0 Å². The summed E-state index contributed by atoms with van der Waals surface area (Å²) in [6.45, 7) is 6.40. The first-order chi connectivity index (χ1) is 11.0. The summed E-state index contributed by atoms with van der Waals surface area (Å²) < 4.78 is 4.99. The molecule has 1 aromatic carbocycles. The van der Waals surface area contributed by atoms with Crippen LogP contribution in [0.25, 0.3) is 0 Å². The zero-order valence-corrected chi connectivity index (χ0v) is 14.2. The zero-order chi connectivity index (χ0) is 16.8. The Morgan fingerprint density at radius 1 is 1.26 bits per heavy atom. The summed E-state index contributed by atoms with van der Waals surface area (Å²) in [5, 5.41) is 3.36. The van der Waals surface area contributed by atoms with Crippen molar-refractivity contribution in [3.8, 4) is 0 Å². The van der Waals surface area contributed by atoms with Crippen molar-refractivity contribution in [2.75, 3.05) is 38.1 Å². The molecule has 1 unspecified atom stereocenters. The third-order valence-corrected chi connectivity index (χ3v) is 4.23. The highest BCUT2D eigenvalue weighted by Gasteiger charge is 2.28. The number of hydrogen-bond acceptors (Lipinski definition) is 4. The van der Waals surface area contributed by atoms with E-state index in [0.29, 0.717) is 43.5 Å². The standard InChI is InChI=1S/C16H22ClN3O3/c1-3-23-16(22)20-10-8-19(9-11-20)12(2)15(21)18-14-7-5-4-6-13(14)17/h4-7,12H,3,8-11H2,1-2H3,(H,18,21). The van der Waals surface area contributed by atoms with E-state index in [2.05, 4.69) is 5.32 Å². The lowest BCUT2D eigenvalue weighted by Gasteiger charge is -2.36. The lowest BCUT2D eigenvalue weighted by Crippen LogP contribution is -2.54. The largest absolute Gasteiger partial charge is 0.450 e. The van der Waals surface area contributed by atoms with Gasteiger partial charge in [-0.3, -0.25) is 9.69 Å². The maximum Gasteiger partial charge on any atom is 0.409 e. The van der Waals surface area contributed by atoms with Crippen molar-refractivity contribution >= 4 is 29.3 Å². The van der Waals surface area contributed by atoms with Crippen molar-refractivity contribution < 1.29 is 14.3 Å². The first-order valence-corrected chi connectivity index (χ1v) is 8.12. The van der Waals surface area contributed by atoms with E-state index in [4.69, 9.17) is 16.3 Å². The Kier molecular flexibility index (Phi) is 6.24. The number of carbonyl (C=O) groups excluding carboxylic acids is 2. The number of nitrogens with zero attached hydrogens (tertiary/aromatic N) is 2. The van der Waals surface area contributed by atoms with Crippen LogP contribution in [0, 0.1) is 0 Å². The molecule has 2 rings (SSSR count). The van der Waals surface area contributed by atoms with Gasteiger partial charge in [0.1, 0.15) is 0 Å². The van der Waals surface area contributed by atoms with E-state index >= 15 is 0 Å². The van der Waals surface area contributed by atoms with Crippen molar-refractivity contribution in [3.05, 3.63) is 29.3 Å². The number of halogens is 1. The van der Waals surface area contributed by atoms with Gasteiger partial charge < -0.3 is 15.0 Å². The van der Waals surface area contributed by atoms with Crippen LogP contribution in [0.5, 0.6) is 0 Å². The molecule has 1 aliphatic heterocycles. The summed E-state index contributed by atoms with van der Waals surface area (Å²) in [4.78, 5) is 27.8. The van der Waals surface area contributed by atoms with Crippen molar-refractivity contribution in [1.29, 1.82) is 0 Å². The van der Waals surface area contributed by atoms with Gasteiger partial charge in [0.2, 0.25) is 5.91 Å². The van der Waals surface area contributed by atoms with E-state index in [0.717, 1.165) is 0 Å². The summed E-state index contributed by atoms with van der Waals surface area (Å²) in [6, 6.07) is 6.85. The molecule has 126 valence electrons. The first-order valence-electron chi connectivity index (χ1n) is 7.74. The molecule has 0 aliphatic carbocycles. The molecule has 0 saturated carbocycles. The number of para-hydroxylation sites is 1. The number of carbonyl (C=O) groups is 2. The number of piperazine rings is 1. The van der Waals surface area contributed by atoms with Crippen LogP contribution in [0.3, 0.4) is 0 Å². The van der Waals surface area contributed by atoms with Gasteiger partial charge in [-0.15, -0.1) is 0 Å². The van der Waals surface area contributed by atoms with Crippen LogP contribution in [-0.2, 0) is 9.53 Å². The summed E-state index contributed by atoms with van der Waals surface area (Å²) >= 11 is 6.06. The minimum Gasteiger partial charge on any atom is -0.450 e. The molecule has 2 amide bonds. The molecule has 23 heavy (non-hydrogen) atoms. The van der Waals surface area contributed by atoms with Crippen LogP contribution in [0.1, 0.15) is 13.8 Å². The molecular formula is C16H22ClN3O3. The molecule has 0 radical (unpaired) electrons. The molecule has 1 aromatic rings. The number of amides is 2. The fraction of sp³-hybridized carbons (Fsp3) is 0.500. The number of ether oxygens (including phenoxy) is 1.